The molecule has 2 N–H and O–H groups in total. The summed E-state index contributed by atoms with van der Waals surface area (Å²) in [6, 6.07) is 12.2. The van der Waals surface area contributed by atoms with Gasteiger partial charge in [0.05, 0.1) is 12.2 Å². The van der Waals surface area contributed by atoms with E-state index < -0.39 is 11.3 Å². The van der Waals surface area contributed by atoms with Crippen molar-refractivity contribution in [3.05, 3.63) is 59.4 Å². The minimum Gasteiger partial charge on any atom is -0.350 e. The number of halogens is 1. The van der Waals surface area contributed by atoms with Crippen LogP contribution in [0.4, 0.5) is 5.69 Å². The number of aromatic nitrogens is 1. The molecule has 6 heteroatoms. The number of benzene rings is 1. The van der Waals surface area contributed by atoms with E-state index in [0.717, 1.165) is 5.69 Å². The summed E-state index contributed by atoms with van der Waals surface area (Å²) in [5.74, 6) is -0.757. The third-order valence-electron chi connectivity index (χ3n) is 3.39. The average molecular weight is 332 g/mol. The third kappa shape index (κ3) is 4.53. The number of carbonyl (C=O) groups is 2. The molecule has 0 spiro atoms. The summed E-state index contributed by atoms with van der Waals surface area (Å²) in [5, 5.41) is 6.03. The lowest BCUT2D eigenvalue weighted by atomic mass is 9.91. The summed E-state index contributed by atoms with van der Waals surface area (Å²) in [5.41, 5.74) is 0.105. The molecule has 0 atom stereocenters. The van der Waals surface area contributed by atoms with Crippen molar-refractivity contribution < 1.29 is 9.59 Å². The smallest absolute Gasteiger partial charge is 0.239 e. The summed E-state index contributed by atoms with van der Waals surface area (Å²) >= 11 is 5.81. The Hall–Kier alpha value is -2.40. The van der Waals surface area contributed by atoms with Gasteiger partial charge in [0.15, 0.2) is 0 Å². The molecule has 2 rings (SSSR count). The van der Waals surface area contributed by atoms with Crippen molar-refractivity contribution in [2.24, 2.45) is 5.41 Å². The molecule has 0 aliphatic heterocycles. The maximum absolute atomic E-state index is 12.4. The van der Waals surface area contributed by atoms with Crippen molar-refractivity contribution in [1.82, 2.24) is 10.3 Å². The Kier molecular flexibility index (Phi) is 5.34. The van der Waals surface area contributed by atoms with Gasteiger partial charge in [-0.1, -0.05) is 17.7 Å². The third-order valence-corrected chi connectivity index (χ3v) is 3.65. The first-order valence-electron chi connectivity index (χ1n) is 7.15. The van der Waals surface area contributed by atoms with Gasteiger partial charge < -0.3 is 10.6 Å². The summed E-state index contributed by atoms with van der Waals surface area (Å²) in [6.45, 7) is 3.43. The van der Waals surface area contributed by atoms with Crippen LogP contribution >= 0.6 is 11.6 Å². The average Bonchev–Trinajstić information content (AvgIpc) is 2.55. The maximum atomic E-state index is 12.4. The van der Waals surface area contributed by atoms with E-state index in [4.69, 9.17) is 11.6 Å². The van der Waals surface area contributed by atoms with Crippen molar-refractivity contribution in [3.63, 3.8) is 0 Å². The van der Waals surface area contributed by atoms with Gasteiger partial charge in [-0.2, -0.15) is 0 Å². The number of hydrogen-bond acceptors (Lipinski definition) is 3. The van der Waals surface area contributed by atoms with Crippen LogP contribution in [0.3, 0.4) is 0 Å². The number of amides is 2. The fraction of sp³-hybridized carbons (Fsp3) is 0.235. The van der Waals surface area contributed by atoms with Gasteiger partial charge in [-0.15, -0.1) is 0 Å². The minimum atomic E-state index is -1.21. The van der Waals surface area contributed by atoms with E-state index in [1.807, 2.05) is 6.07 Å². The molecule has 0 bridgehead atoms. The van der Waals surface area contributed by atoms with Crippen molar-refractivity contribution in [3.8, 4) is 0 Å². The largest absolute Gasteiger partial charge is 0.350 e. The first-order valence-corrected chi connectivity index (χ1v) is 7.52. The Balaban J connectivity index is 1.97. The zero-order valence-electron chi connectivity index (χ0n) is 13.0. The van der Waals surface area contributed by atoms with Crippen molar-refractivity contribution in [1.29, 1.82) is 0 Å². The van der Waals surface area contributed by atoms with Crippen LogP contribution in [0.25, 0.3) is 0 Å². The quantitative estimate of drug-likeness (QED) is 0.827. The molecular formula is C17H18ClN3O2. The van der Waals surface area contributed by atoms with E-state index in [-0.39, 0.29) is 12.5 Å². The van der Waals surface area contributed by atoms with E-state index in [1.165, 1.54) is 0 Å². The number of pyridine rings is 1. The zero-order chi connectivity index (χ0) is 16.9. The van der Waals surface area contributed by atoms with Gasteiger partial charge in [-0.3, -0.25) is 14.6 Å². The fourth-order valence-electron chi connectivity index (χ4n) is 1.82. The Morgan fingerprint density at radius 1 is 1.09 bits per heavy atom. The highest BCUT2D eigenvalue weighted by molar-refractivity contribution is 6.30. The summed E-state index contributed by atoms with van der Waals surface area (Å²) in [4.78, 5) is 28.8. The molecule has 0 radical (unpaired) electrons. The topological polar surface area (TPSA) is 71.1 Å². The molecule has 2 aromatic rings. The van der Waals surface area contributed by atoms with Crippen LogP contribution in [0.5, 0.6) is 0 Å². The van der Waals surface area contributed by atoms with Gasteiger partial charge in [0.1, 0.15) is 5.41 Å². The van der Waals surface area contributed by atoms with Crippen LogP contribution in [0.1, 0.15) is 19.5 Å². The Bertz CT molecular complexity index is 685. The van der Waals surface area contributed by atoms with Crippen LogP contribution in [0, 0.1) is 5.41 Å². The highest BCUT2D eigenvalue weighted by Gasteiger charge is 2.35. The second kappa shape index (κ2) is 7.24. The summed E-state index contributed by atoms with van der Waals surface area (Å²) in [6.07, 6.45) is 1.65. The number of hydrogen-bond donors (Lipinski definition) is 2. The molecule has 0 fully saturated rings. The maximum Gasteiger partial charge on any atom is 0.239 e. The lowest BCUT2D eigenvalue weighted by Gasteiger charge is -2.22. The van der Waals surface area contributed by atoms with Gasteiger partial charge in [-0.05, 0) is 50.2 Å². The number of nitrogens with zero attached hydrogens (tertiary/aromatic N) is 1. The van der Waals surface area contributed by atoms with E-state index in [9.17, 15) is 9.59 Å². The van der Waals surface area contributed by atoms with Crippen molar-refractivity contribution in [2.75, 3.05) is 5.32 Å². The molecule has 2 amide bonds. The van der Waals surface area contributed by atoms with E-state index in [2.05, 4.69) is 15.6 Å². The van der Waals surface area contributed by atoms with Gasteiger partial charge in [0, 0.05) is 16.9 Å². The minimum absolute atomic E-state index is 0.275. The molecule has 1 aromatic carbocycles. The van der Waals surface area contributed by atoms with Crippen LogP contribution in [-0.2, 0) is 16.1 Å². The van der Waals surface area contributed by atoms with E-state index >= 15 is 0 Å². The molecule has 0 saturated carbocycles. The zero-order valence-corrected chi connectivity index (χ0v) is 13.7. The molecule has 0 saturated heterocycles. The van der Waals surface area contributed by atoms with Gasteiger partial charge in [0.25, 0.3) is 0 Å². The molecule has 0 aliphatic carbocycles. The summed E-state index contributed by atoms with van der Waals surface area (Å²) < 4.78 is 0. The Morgan fingerprint density at radius 3 is 2.39 bits per heavy atom. The fourth-order valence-corrected chi connectivity index (χ4v) is 1.94. The Morgan fingerprint density at radius 2 is 1.78 bits per heavy atom. The van der Waals surface area contributed by atoms with Crippen LogP contribution in [0.2, 0.25) is 5.02 Å². The number of rotatable bonds is 5. The molecule has 23 heavy (non-hydrogen) atoms. The number of anilines is 1. The van der Waals surface area contributed by atoms with Gasteiger partial charge >= 0.3 is 0 Å². The van der Waals surface area contributed by atoms with Crippen LogP contribution in [0.15, 0.2) is 48.7 Å². The first-order chi connectivity index (χ1) is 10.9. The lowest BCUT2D eigenvalue weighted by molar-refractivity contribution is -0.138. The monoisotopic (exact) mass is 331 g/mol. The van der Waals surface area contributed by atoms with Crippen LogP contribution < -0.4 is 10.6 Å². The number of nitrogens with one attached hydrogen (secondary N) is 2. The summed E-state index contributed by atoms with van der Waals surface area (Å²) in [7, 11) is 0. The highest BCUT2D eigenvalue weighted by atomic mass is 35.5. The van der Waals surface area contributed by atoms with E-state index in [0.29, 0.717) is 10.7 Å². The molecule has 0 aliphatic rings. The first kappa shape index (κ1) is 17.0. The standard InChI is InChI=1S/C17H18ClN3O2/c1-17(2,15(22)20-11-14-5-3-4-10-19-14)16(23)21-13-8-6-12(18)7-9-13/h3-10H,11H2,1-2H3,(H,20,22)(H,21,23). The predicted molar refractivity (Wildman–Crippen MR) is 89.9 cm³/mol. The Labute approximate surface area is 140 Å². The second-order valence-corrected chi connectivity index (χ2v) is 6.03. The van der Waals surface area contributed by atoms with E-state index in [1.54, 1.807) is 56.4 Å². The van der Waals surface area contributed by atoms with Crippen molar-refractivity contribution >= 4 is 29.1 Å². The number of carbonyl (C=O) groups excluding carboxylic acids is 2. The molecule has 120 valence electrons. The van der Waals surface area contributed by atoms with Gasteiger partial charge in [0.2, 0.25) is 11.8 Å². The molecule has 1 aromatic heterocycles. The normalized spacial score (nSPS) is 10.9. The molecule has 0 unspecified atom stereocenters. The van der Waals surface area contributed by atoms with Gasteiger partial charge in [-0.25, -0.2) is 0 Å². The molecule has 5 nitrogen and oxygen atoms in total. The second-order valence-electron chi connectivity index (χ2n) is 5.59. The lowest BCUT2D eigenvalue weighted by Crippen LogP contribution is -2.44. The molecular weight excluding hydrogens is 314 g/mol. The SMILES string of the molecule is CC(C)(C(=O)NCc1ccccn1)C(=O)Nc1ccc(Cl)cc1. The molecule has 1 heterocycles. The van der Waals surface area contributed by atoms with Crippen molar-refractivity contribution in [2.45, 2.75) is 20.4 Å². The predicted octanol–water partition coefficient (Wildman–Crippen LogP) is 3.02. The highest BCUT2D eigenvalue weighted by Crippen LogP contribution is 2.20. The van der Waals surface area contributed by atoms with Crippen LogP contribution in [-0.4, -0.2) is 16.8 Å².